The number of hydrogen-bond donors (Lipinski definition) is 1. The molecule has 2 aromatic carbocycles. The molecule has 134 valence electrons. The molecule has 0 bridgehead atoms. The smallest absolute Gasteiger partial charge is 0.360 e. The quantitative estimate of drug-likeness (QED) is 0.335. The molecule has 1 N–H and O–H groups in total. The summed E-state index contributed by atoms with van der Waals surface area (Å²) in [4.78, 5) is 11.6. The van der Waals surface area contributed by atoms with Gasteiger partial charge < -0.3 is 14.7 Å². The van der Waals surface area contributed by atoms with Gasteiger partial charge in [-0.25, -0.2) is 4.79 Å². The molecule has 0 spiro atoms. The summed E-state index contributed by atoms with van der Waals surface area (Å²) in [6.45, 7) is 2.29. The molecule has 2 aromatic rings. The van der Waals surface area contributed by atoms with Gasteiger partial charge in [-0.3, -0.25) is 0 Å². The number of hydrogen-bond acceptors (Lipinski definition) is 5. The molecule has 26 heavy (non-hydrogen) atoms. The highest BCUT2D eigenvalue weighted by molar-refractivity contribution is 6.41. The number of carbonyl (C=O) groups excluding carboxylic acids is 1. The minimum atomic E-state index is -0.685. The number of oxime groups is 1. The van der Waals surface area contributed by atoms with Crippen molar-refractivity contribution in [1.29, 1.82) is 0 Å². The third-order valence-electron chi connectivity index (χ3n) is 3.38. The van der Waals surface area contributed by atoms with E-state index in [1.54, 1.807) is 13.0 Å². The molecule has 0 aliphatic heterocycles. The van der Waals surface area contributed by atoms with Gasteiger partial charge in [0, 0.05) is 5.56 Å². The maximum Gasteiger partial charge on any atom is 0.360 e. The molecule has 0 aliphatic carbocycles. The fourth-order valence-electron chi connectivity index (χ4n) is 2.15. The Balaban J connectivity index is 2.02. The first-order chi connectivity index (χ1) is 12.7. The van der Waals surface area contributed by atoms with Gasteiger partial charge in [-0.15, -0.1) is 0 Å². The lowest BCUT2D eigenvalue weighted by Gasteiger charge is -2.07. The Hall–Kier alpha value is -3.34. The van der Waals surface area contributed by atoms with E-state index in [1.165, 1.54) is 6.08 Å². The first-order valence-electron chi connectivity index (χ1n) is 8.25. The lowest BCUT2D eigenvalue weighted by atomic mass is 10.1. The van der Waals surface area contributed by atoms with E-state index in [4.69, 9.17) is 14.7 Å². The fourth-order valence-corrected chi connectivity index (χ4v) is 2.15. The second kappa shape index (κ2) is 10.5. The number of nitrogens with zero attached hydrogens (tertiary/aromatic N) is 1. The minimum absolute atomic E-state index is 0.175. The highest BCUT2D eigenvalue weighted by Gasteiger charge is 2.10. The second-order valence-electron chi connectivity index (χ2n) is 5.20. The van der Waals surface area contributed by atoms with Crippen molar-refractivity contribution in [3.63, 3.8) is 0 Å². The number of benzene rings is 2. The van der Waals surface area contributed by atoms with Gasteiger partial charge in [-0.05, 0) is 36.8 Å². The van der Waals surface area contributed by atoms with Crippen LogP contribution in [0, 0.1) is 0 Å². The van der Waals surface area contributed by atoms with E-state index in [2.05, 4.69) is 5.16 Å². The van der Waals surface area contributed by atoms with Crippen molar-refractivity contribution < 1.29 is 19.5 Å². The molecular weight excluding hydrogens is 330 g/mol. The summed E-state index contributed by atoms with van der Waals surface area (Å²) in [7, 11) is 0. The Kier molecular flexibility index (Phi) is 7.68. The van der Waals surface area contributed by atoms with Gasteiger partial charge in [0.2, 0.25) is 0 Å². The second-order valence-corrected chi connectivity index (χ2v) is 5.20. The summed E-state index contributed by atoms with van der Waals surface area (Å²) in [6.07, 6.45) is 6.94. The molecule has 0 saturated heterocycles. The molecule has 0 heterocycles. The summed E-state index contributed by atoms with van der Waals surface area (Å²) in [5.41, 5.74) is 1.68. The monoisotopic (exact) mass is 351 g/mol. The van der Waals surface area contributed by atoms with Crippen LogP contribution in [0.15, 0.2) is 71.9 Å². The summed E-state index contributed by atoms with van der Waals surface area (Å²) < 4.78 is 10.6. The fraction of sp³-hybridized carbons (Fsp3) is 0.143. The van der Waals surface area contributed by atoms with E-state index in [-0.39, 0.29) is 12.3 Å². The predicted molar refractivity (Wildman–Crippen MR) is 102 cm³/mol. The van der Waals surface area contributed by atoms with Crippen molar-refractivity contribution in [3.05, 3.63) is 77.9 Å². The van der Waals surface area contributed by atoms with Crippen LogP contribution >= 0.6 is 0 Å². The largest absolute Gasteiger partial charge is 0.489 e. The van der Waals surface area contributed by atoms with Crippen molar-refractivity contribution in [2.24, 2.45) is 5.16 Å². The number of ether oxygens (including phenoxy) is 2. The van der Waals surface area contributed by atoms with Gasteiger partial charge in [0.1, 0.15) is 12.4 Å². The highest BCUT2D eigenvalue weighted by atomic mass is 16.5. The third-order valence-corrected chi connectivity index (χ3v) is 3.38. The van der Waals surface area contributed by atoms with E-state index in [0.717, 1.165) is 11.1 Å². The van der Waals surface area contributed by atoms with Gasteiger partial charge in [0.05, 0.1) is 6.61 Å². The van der Waals surface area contributed by atoms with Crippen LogP contribution in [0.5, 0.6) is 5.75 Å². The van der Waals surface area contributed by atoms with Crippen molar-refractivity contribution in [2.75, 3.05) is 13.2 Å². The van der Waals surface area contributed by atoms with Crippen LogP contribution < -0.4 is 4.74 Å². The van der Waals surface area contributed by atoms with E-state index < -0.39 is 5.97 Å². The van der Waals surface area contributed by atoms with Crippen LogP contribution in [0.3, 0.4) is 0 Å². The Morgan fingerprint density at radius 2 is 1.81 bits per heavy atom. The average molecular weight is 351 g/mol. The van der Waals surface area contributed by atoms with Gasteiger partial charge in [-0.2, -0.15) is 0 Å². The Labute approximate surface area is 152 Å². The lowest BCUT2D eigenvalue weighted by molar-refractivity contribution is -0.135. The number of carbonyl (C=O) groups is 1. The standard InChI is InChI=1S/C21H21NO4/c1-2-25-21(23)19(22-24)15-14-18-12-6-7-13-20(18)26-16-8-11-17-9-4-3-5-10-17/h3-15,24H,2,16H2,1H3/b11-8+,15-14+,22-19-. The number of rotatable bonds is 8. The molecule has 0 aliphatic rings. The normalized spacial score (nSPS) is 11.8. The van der Waals surface area contributed by atoms with Crippen LogP contribution in [-0.2, 0) is 9.53 Å². The molecule has 0 saturated carbocycles. The Bertz CT molecular complexity index is 795. The molecule has 0 atom stereocenters. The first-order valence-corrected chi connectivity index (χ1v) is 8.25. The van der Waals surface area contributed by atoms with Crippen LogP contribution in [0.4, 0.5) is 0 Å². The lowest BCUT2D eigenvalue weighted by Crippen LogP contribution is -2.15. The van der Waals surface area contributed by atoms with Gasteiger partial charge in [0.25, 0.3) is 0 Å². The molecule has 2 rings (SSSR count). The van der Waals surface area contributed by atoms with Crippen LogP contribution in [0.1, 0.15) is 18.1 Å². The summed E-state index contributed by atoms with van der Waals surface area (Å²) in [5, 5.41) is 11.9. The van der Waals surface area contributed by atoms with Gasteiger partial charge in [-0.1, -0.05) is 59.8 Å². The maximum atomic E-state index is 11.6. The number of para-hydroxylation sites is 1. The zero-order chi connectivity index (χ0) is 18.6. The van der Waals surface area contributed by atoms with Gasteiger partial charge in [0.15, 0.2) is 5.71 Å². The molecule has 0 radical (unpaired) electrons. The van der Waals surface area contributed by atoms with Crippen LogP contribution in [0.25, 0.3) is 12.2 Å². The minimum Gasteiger partial charge on any atom is -0.489 e. The number of esters is 1. The molecule has 5 heteroatoms. The van der Waals surface area contributed by atoms with Crippen LogP contribution in [0.2, 0.25) is 0 Å². The molecule has 0 unspecified atom stereocenters. The predicted octanol–water partition coefficient (Wildman–Crippen LogP) is 4.19. The van der Waals surface area contributed by atoms with Crippen molar-refractivity contribution in [2.45, 2.75) is 6.92 Å². The third kappa shape index (κ3) is 5.94. The van der Waals surface area contributed by atoms with Crippen LogP contribution in [-0.4, -0.2) is 30.1 Å². The SMILES string of the molecule is CCOC(=O)C(/C=C/c1ccccc1OC/C=C/c1ccccc1)=N\O. The topological polar surface area (TPSA) is 68.1 Å². The molecule has 5 nitrogen and oxygen atoms in total. The van der Waals surface area contributed by atoms with E-state index in [9.17, 15) is 4.79 Å². The van der Waals surface area contributed by atoms with E-state index >= 15 is 0 Å². The molecular formula is C21H21NO4. The summed E-state index contributed by atoms with van der Waals surface area (Å²) >= 11 is 0. The van der Waals surface area contributed by atoms with Crippen molar-refractivity contribution in [3.8, 4) is 5.75 Å². The van der Waals surface area contributed by atoms with E-state index in [0.29, 0.717) is 12.4 Å². The zero-order valence-electron chi connectivity index (χ0n) is 14.5. The Morgan fingerprint density at radius 3 is 2.54 bits per heavy atom. The van der Waals surface area contributed by atoms with Crippen molar-refractivity contribution >= 4 is 23.8 Å². The molecule has 0 amide bonds. The summed E-state index contributed by atoms with van der Waals surface area (Å²) in [6, 6.07) is 17.3. The van der Waals surface area contributed by atoms with Crippen molar-refractivity contribution in [1.82, 2.24) is 0 Å². The molecule has 0 fully saturated rings. The maximum absolute atomic E-state index is 11.6. The first kappa shape index (κ1) is 19.0. The molecule has 0 aromatic heterocycles. The zero-order valence-corrected chi connectivity index (χ0v) is 14.5. The average Bonchev–Trinajstić information content (AvgIpc) is 2.68. The van der Waals surface area contributed by atoms with E-state index in [1.807, 2.05) is 66.7 Å². The highest BCUT2D eigenvalue weighted by Crippen LogP contribution is 2.19. The Morgan fingerprint density at radius 1 is 1.08 bits per heavy atom. The van der Waals surface area contributed by atoms with Gasteiger partial charge >= 0.3 is 5.97 Å². The summed E-state index contributed by atoms with van der Waals surface area (Å²) in [5.74, 6) is -0.0296.